The molecule has 2 atom stereocenters. The number of pyridine rings is 1. The normalized spacial score (nSPS) is 16.7. The number of halogens is 2. The van der Waals surface area contributed by atoms with E-state index in [0.717, 1.165) is 0 Å². The molecule has 0 radical (unpaired) electrons. The van der Waals surface area contributed by atoms with Crippen LogP contribution in [-0.2, 0) is 11.8 Å². The van der Waals surface area contributed by atoms with Crippen LogP contribution in [0.2, 0.25) is 0 Å². The molecule has 3 heterocycles. The van der Waals surface area contributed by atoms with Gasteiger partial charge in [0.2, 0.25) is 0 Å². The van der Waals surface area contributed by atoms with E-state index in [2.05, 4.69) is 20.6 Å². The molecule has 1 aliphatic rings. The molecule has 5 aromatic rings. The molecule has 42 heavy (non-hydrogen) atoms. The minimum absolute atomic E-state index is 0.113. The van der Waals surface area contributed by atoms with E-state index in [0.29, 0.717) is 63.7 Å². The van der Waals surface area contributed by atoms with Gasteiger partial charge in [0.25, 0.3) is 5.91 Å². The fourth-order valence-corrected chi connectivity index (χ4v) is 6.00. The Labute approximate surface area is 238 Å². The maximum atomic E-state index is 15.1. The Kier molecular flexibility index (Phi) is 6.76. The highest BCUT2D eigenvalue weighted by molar-refractivity contribution is 6.14. The lowest BCUT2D eigenvalue weighted by Crippen LogP contribution is -2.33. The molecule has 0 spiro atoms. The van der Waals surface area contributed by atoms with Crippen molar-refractivity contribution in [3.8, 4) is 22.4 Å². The lowest BCUT2D eigenvalue weighted by molar-refractivity contribution is 0.0959. The summed E-state index contributed by atoms with van der Waals surface area (Å²) in [4.78, 5) is 45.5. The van der Waals surface area contributed by atoms with Gasteiger partial charge in [0.05, 0.1) is 41.0 Å². The number of nitrogens with one attached hydrogen (secondary N) is 3. The lowest BCUT2D eigenvalue weighted by Gasteiger charge is -2.15. The van der Waals surface area contributed by atoms with Crippen LogP contribution >= 0.6 is 0 Å². The summed E-state index contributed by atoms with van der Waals surface area (Å²) in [6, 6.07) is 9.84. The number of aryl methyl sites for hydroxylation is 1. The number of aromatic nitrogens is 4. The zero-order valence-electron chi connectivity index (χ0n) is 23.1. The van der Waals surface area contributed by atoms with Crippen molar-refractivity contribution in [2.45, 2.75) is 31.3 Å². The Morgan fingerprint density at radius 1 is 1.12 bits per heavy atom. The largest absolute Gasteiger partial charge is 0.453 e. The fraction of sp³-hybridized carbons (Fsp3) is 0.267. The molecular formula is C30H28F2N6O4. The van der Waals surface area contributed by atoms with Crippen LogP contribution < -0.4 is 16.3 Å². The van der Waals surface area contributed by atoms with Crippen LogP contribution in [0.15, 0.2) is 53.5 Å². The molecule has 0 unspecified atom stereocenters. The van der Waals surface area contributed by atoms with Crippen molar-refractivity contribution in [3.05, 3.63) is 76.3 Å². The van der Waals surface area contributed by atoms with Crippen molar-refractivity contribution in [2.75, 3.05) is 14.2 Å². The summed E-state index contributed by atoms with van der Waals surface area (Å²) >= 11 is 0. The van der Waals surface area contributed by atoms with Gasteiger partial charge in [0, 0.05) is 37.3 Å². The monoisotopic (exact) mass is 574 g/mol. The second-order valence-corrected chi connectivity index (χ2v) is 10.4. The lowest BCUT2D eigenvalue weighted by atomic mass is 9.97. The Bertz CT molecular complexity index is 1940. The van der Waals surface area contributed by atoms with E-state index < -0.39 is 23.6 Å². The molecular weight excluding hydrogens is 546 g/mol. The van der Waals surface area contributed by atoms with Gasteiger partial charge in [0.1, 0.15) is 17.3 Å². The van der Waals surface area contributed by atoms with Crippen molar-refractivity contribution in [2.24, 2.45) is 7.05 Å². The first kappa shape index (κ1) is 27.2. The van der Waals surface area contributed by atoms with Gasteiger partial charge in [-0.15, -0.1) is 0 Å². The van der Waals surface area contributed by atoms with E-state index >= 15 is 4.39 Å². The highest BCUT2D eigenvalue weighted by Gasteiger charge is 2.32. The first-order valence-electron chi connectivity index (χ1n) is 13.5. The number of carbonyl (C=O) groups is 2. The number of hydrogen-bond donors (Lipinski definition) is 3. The zero-order valence-corrected chi connectivity index (χ0v) is 23.1. The van der Waals surface area contributed by atoms with Gasteiger partial charge in [0.15, 0.2) is 0 Å². The number of benzene rings is 2. The maximum absolute atomic E-state index is 15.1. The number of ether oxygens (including phenoxy) is 1. The molecule has 2 aromatic carbocycles. The van der Waals surface area contributed by atoms with Crippen molar-refractivity contribution >= 4 is 34.1 Å². The molecule has 1 aliphatic carbocycles. The standard InChI is InChI=1S/C30H28F2N6O4/c1-33-28(39)20-10-7-16(12-21(20)32)25-23(15-5-4-6-17(31)11-15)24-26-22(14-34-27(24)36-25)37(2)30(41)38(26)19-9-8-18(13-19)35-29(40)42-3/h4-7,10-12,14,18-19H,8-9,13H2,1-3H3,(H,33,39)(H,34,36)(H,35,40)/t18-,19-/m1/s1. The van der Waals surface area contributed by atoms with Crippen LogP contribution in [0.5, 0.6) is 0 Å². The summed E-state index contributed by atoms with van der Waals surface area (Å²) in [5, 5.41) is 5.82. The number of nitrogens with zero attached hydrogens (tertiary/aromatic N) is 3. The summed E-state index contributed by atoms with van der Waals surface area (Å²) in [7, 11) is 4.38. The summed E-state index contributed by atoms with van der Waals surface area (Å²) in [5.74, 6) is -1.75. The predicted molar refractivity (Wildman–Crippen MR) is 153 cm³/mol. The number of aromatic amines is 1. The quantitative estimate of drug-likeness (QED) is 0.282. The SMILES string of the molecule is CNC(=O)c1ccc(-c2[nH]c3ncc4c(c3c2-c2cccc(F)c2)n([C@@H]2CC[C@@H](NC(=O)OC)C2)c(=O)n4C)cc1F. The number of fused-ring (bicyclic) bond motifs is 3. The Balaban J connectivity index is 1.62. The second kappa shape index (κ2) is 10.4. The maximum Gasteiger partial charge on any atom is 0.407 e. The molecule has 2 amide bonds. The number of alkyl carbamates (subject to hydrolysis) is 1. The number of H-pyrrole nitrogens is 1. The smallest absolute Gasteiger partial charge is 0.407 e. The van der Waals surface area contributed by atoms with Gasteiger partial charge in [-0.25, -0.2) is 23.4 Å². The van der Waals surface area contributed by atoms with Crippen LogP contribution in [-0.4, -0.2) is 51.3 Å². The average molecular weight is 575 g/mol. The third-order valence-corrected chi connectivity index (χ3v) is 7.99. The van der Waals surface area contributed by atoms with Gasteiger partial charge >= 0.3 is 11.8 Å². The first-order valence-corrected chi connectivity index (χ1v) is 13.5. The summed E-state index contributed by atoms with van der Waals surface area (Å²) in [6.07, 6.45) is 2.87. The highest BCUT2D eigenvalue weighted by atomic mass is 19.1. The van der Waals surface area contributed by atoms with Gasteiger partial charge in [-0.1, -0.05) is 18.2 Å². The average Bonchev–Trinajstić information content (AvgIpc) is 3.67. The van der Waals surface area contributed by atoms with Crippen LogP contribution in [0.4, 0.5) is 13.6 Å². The molecule has 12 heteroatoms. The molecule has 1 saturated carbocycles. The van der Waals surface area contributed by atoms with Gasteiger partial charge < -0.3 is 20.4 Å². The summed E-state index contributed by atoms with van der Waals surface area (Å²) in [6.45, 7) is 0. The third kappa shape index (κ3) is 4.39. The minimum atomic E-state index is -0.722. The fourth-order valence-electron chi connectivity index (χ4n) is 6.00. The van der Waals surface area contributed by atoms with Crippen molar-refractivity contribution in [1.29, 1.82) is 0 Å². The predicted octanol–water partition coefficient (Wildman–Crippen LogP) is 4.64. The van der Waals surface area contributed by atoms with Crippen molar-refractivity contribution < 1.29 is 23.1 Å². The van der Waals surface area contributed by atoms with Crippen LogP contribution in [0, 0.1) is 11.6 Å². The van der Waals surface area contributed by atoms with E-state index in [1.807, 2.05) is 0 Å². The van der Waals surface area contributed by atoms with Gasteiger partial charge in [-0.05, 0) is 49.1 Å². The zero-order chi connectivity index (χ0) is 29.7. The number of amides is 2. The third-order valence-electron chi connectivity index (χ3n) is 7.99. The Morgan fingerprint density at radius 2 is 1.93 bits per heavy atom. The van der Waals surface area contributed by atoms with Crippen LogP contribution in [0.25, 0.3) is 44.5 Å². The number of rotatable bonds is 5. The molecule has 0 bridgehead atoms. The number of methoxy groups -OCH3 is 1. The van der Waals surface area contributed by atoms with Gasteiger partial charge in [-0.3, -0.25) is 13.9 Å². The molecule has 3 N–H and O–H groups in total. The molecule has 0 saturated heterocycles. The summed E-state index contributed by atoms with van der Waals surface area (Å²) in [5.41, 5.74) is 3.14. The van der Waals surface area contributed by atoms with E-state index in [9.17, 15) is 18.8 Å². The first-order chi connectivity index (χ1) is 20.2. The van der Waals surface area contributed by atoms with Gasteiger partial charge in [-0.2, -0.15) is 0 Å². The number of carbonyl (C=O) groups excluding carboxylic acids is 2. The number of hydrogen-bond acceptors (Lipinski definition) is 5. The van der Waals surface area contributed by atoms with E-state index in [4.69, 9.17) is 4.74 Å². The minimum Gasteiger partial charge on any atom is -0.453 e. The molecule has 216 valence electrons. The van der Waals surface area contributed by atoms with Crippen LogP contribution in [0.3, 0.4) is 0 Å². The van der Waals surface area contributed by atoms with E-state index in [1.54, 1.807) is 36.0 Å². The van der Waals surface area contributed by atoms with Crippen molar-refractivity contribution in [3.63, 3.8) is 0 Å². The molecule has 0 aliphatic heterocycles. The Morgan fingerprint density at radius 3 is 2.64 bits per heavy atom. The second-order valence-electron chi connectivity index (χ2n) is 10.4. The van der Waals surface area contributed by atoms with Crippen molar-refractivity contribution in [1.82, 2.24) is 29.7 Å². The number of imidazole rings is 1. The molecule has 3 aromatic heterocycles. The highest BCUT2D eigenvalue weighted by Crippen LogP contribution is 2.43. The van der Waals surface area contributed by atoms with E-state index in [1.165, 1.54) is 43.0 Å². The molecule has 6 rings (SSSR count). The topological polar surface area (TPSA) is 123 Å². The Hall–Kier alpha value is -5.00. The van der Waals surface area contributed by atoms with Crippen LogP contribution in [0.1, 0.15) is 35.7 Å². The molecule has 10 nitrogen and oxygen atoms in total. The van der Waals surface area contributed by atoms with E-state index in [-0.39, 0.29) is 23.3 Å². The summed E-state index contributed by atoms with van der Waals surface area (Å²) < 4.78 is 37.7. The molecule has 1 fully saturated rings.